The van der Waals surface area contributed by atoms with Crippen molar-refractivity contribution in [3.05, 3.63) is 56.9 Å². The highest BCUT2D eigenvalue weighted by Gasteiger charge is 2.35. The number of pyridine rings is 1. The van der Waals surface area contributed by atoms with Crippen molar-refractivity contribution in [1.29, 1.82) is 0 Å². The van der Waals surface area contributed by atoms with Crippen molar-refractivity contribution in [3.8, 4) is 22.8 Å². The normalized spacial score (nSPS) is 13.7. The number of benzene rings is 2. The van der Waals surface area contributed by atoms with Gasteiger partial charge in [-0.05, 0) is 56.0 Å². The van der Waals surface area contributed by atoms with Gasteiger partial charge >= 0.3 is 0 Å². The molecule has 2 aromatic carbocycles. The maximum atomic E-state index is 13.6. The minimum absolute atomic E-state index is 0.0719. The minimum Gasteiger partial charge on any atom is -0.454 e. The molecule has 1 N–H and O–H groups in total. The maximum absolute atomic E-state index is 13.6. The van der Waals surface area contributed by atoms with Crippen LogP contribution in [0.5, 0.6) is 11.5 Å². The van der Waals surface area contributed by atoms with Crippen LogP contribution in [0.4, 0.5) is 0 Å². The van der Waals surface area contributed by atoms with Crippen molar-refractivity contribution in [2.24, 2.45) is 0 Å². The summed E-state index contributed by atoms with van der Waals surface area (Å²) in [5.74, 6) is 1.08. The molecule has 0 atom stereocenters. The molecule has 0 saturated carbocycles. The van der Waals surface area contributed by atoms with Crippen molar-refractivity contribution < 1.29 is 19.4 Å². The highest BCUT2D eigenvalue weighted by atomic mass is 16.7. The number of unbranched alkanes of at least 4 members (excludes halogenated alkanes) is 3. The third-order valence-electron chi connectivity index (χ3n) is 6.41. The number of ether oxygens (including phenoxy) is 2. The van der Waals surface area contributed by atoms with Gasteiger partial charge in [-0.1, -0.05) is 18.9 Å². The third-order valence-corrected chi connectivity index (χ3v) is 6.41. The number of aryl methyl sites for hydroxylation is 2. The molecule has 0 spiro atoms. The molecule has 0 fully saturated rings. The van der Waals surface area contributed by atoms with E-state index in [0.717, 1.165) is 42.4 Å². The number of hydrogen-bond acceptors (Lipinski definition) is 5. The zero-order valence-corrected chi connectivity index (χ0v) is 17.8. The molecule has 0 radical (unpaired) electrons. The molecule has 6 heteroatoms. The van der Waals surface area contributed by atoms with Gasteiger partial charge in [0.2, 0.25) is 6.79 Å². The Hall–Kier alpha value is -3.12. The summed E-state index contributed by atoms with van der Waals surface area (Å²) in [7, 11) is 0. The summed E-state index contributed by atoms with van der Waals surface area (Å²) >= 11 is 0. The van der Waals surface area contributed by atoms with E-state index in [0.29, 0.717) is 45.6 Å². The fourth-order valence-electron chi connectivity index (χ4n) is 4.63. The molecule has 0 saturated heterocycles. The first-order chi connectivity index (χ1) is 15.0. The van der Waals surface area contributed by atoms with Crippen molar-refractivity contribution in [1.82, 2.24) is 4.57 Å². The van der Waals surface area contributed by atoms with Gasteiger partial charge in [0.15, 0.2) is 17.3 Å². The zero-order chi connectivity index (χ0) is 21.7. The van der Waals surface area contributed by atoms with Gasteiger partial charge in [-0.15, -0.1) is 0 Å². The average molecular weight is 419 g/mol. The van der Waals surface area contributed by atoms with Gasteiger partial charge in [-0.25, -0.2) is 0 Å². The number of rotatable bonds is 6. The molecule has 0 unspecified atom stereocenters. The molecule has 1 aromatic heterocycles. The monoisotopic (exact) mass is 419 g/mol. The van der Waals surface area contributed by atoms with E-state index in [1.165, 1.54) is 0 Å². The lowest BCUT2D eigenvalue weighted by atomic mass is 9.98. The lowest BCUT2D eigenvalue weighted by Gasteiger charge is -2.16. The minimum atomic E-state index is -0.0782. The van der Waals surface area contributed by atoms with E-state index in [1.807, 2.05) is 32.0 Å². The fourth-order valence-corrected chi connectivity index (χ4v) is 4.63. The Labute approximate surface area is 180 Å². The summed E-state index contributed by atoms with van der Waals surface area (Å²) in [5.41, 5.74) is 4.57. The van der Waals surface area contributed by atoms with Crippen LogP contribution in [-0.4, -0.2) is 28.9 Å². The number of aromatic nitrogens is 1. The second-order valence-corrected chi connectivity index (χ2v) is 8.38. The van der Waals surface area contributed by atoms with Crippen LogP contribution in [0.2, 0.25) is 0 Å². The van der Waals surface area contributed by atoms with Crippen LogP contribution >= 0.6 is 0 Å². The molecular weight excluding hydrogens is 394 g/mol. The fraction of sp³-hybridized carbons (Fsp3) is 0.360. The Morgan fingerprint density at radius 2 is 1.52 bits per heavy atom. The number of carbonyl (C=O) groups is 1. The van der Waals surface area contributed by atoms with Crippen LogP contribution in [0.3, 0.4) is 0 Å². The van der Waals surface area contributed by atoms with E-state index in [-0.39, 0.29) is 24.7 Å². The SMILES string of the molecule is Cc1cc2c3c(n(CCCCCCO)c(=O)c2cc1C)-c1cc2c(cc1C3=O)OCO2. The number of aliphatic hydroxyl groups excluding tert-OH is 1. The molecule has 3 aromatic rings. The van der Waals surface area contributed by atoms with Gasteiger partial charge in [-0.3, -0.25) is 9.59 Å². The lowest BCUT2D eigenvalue weighted by molar-refractivity contribution is 0.104. The second-order valence-electron chi connectivity index (χ2n) is 8.38. The van der Waals surface area contributed by atoms with Crippen LogP contribution in [-0.2, 0) is 6.54 Å². The highest BCUT2D eigenvalue weighted by Crippen LogP contribution is 2.46. The van der Waals surface area contributed by atoms with Gasteiger partial charge in [0.25, 0.3) is 5.56 Å². The van der Waals surface area contributed by atoms with Crippen LogP contribution in [0.25, 0.3) is 22.0 Å². The molecule has 31 heavy (non-hydrogen) atoms. The van der Waals surface area contributed by atoms with Crippen molar-refractivity contribution in [2.75, 3.05) is 13.4 Å². The molecule has 160 valence electrons. The van der Waals surface area contributed by atoms with Gasteiger partial charge in [-0.2, -0.15) is 0 Å². The predicted molar refractivity (Wildman–Crippen MR) is 118 cm³/mol. The van der Waals surface area contributed by atoms with E-state index in [9.17, 15) is 9.59 Å². The van der Waals surface area contributed by atoms with Gasteiger partial charge in [0.1, 0.15) is 0 Å². The van der Waals surface area contributed by atoms with Crippen molar-refractivity contribution in [3.63, 3.8) is 0 Å². The first-order valence-corrected chi connectivity index (χ1v) is 10.8. The van der Waals surface area contributed by atoms with Gasteiger partial charge in [0, 0.05) is 35.1 Å². The van der Waals surface area contributed by atoms with Gasteiger partial charge in [0.05, 0.1) is 11.3 Å². The quantitative estimate of drug-likeness (QED) is 0.476. The third kappa shape index (κ3) is 3.05. The smallest absolute Gasteiger partial charge is 0.258 e. The Morgan fingerprint density at radius 3 is 2.23 bits per heavy atom. The summed E-state index contributed by atoms with van der Waals surface area (Å²) < 4.78 is 12.8. The number of ketones is 1. The Morgan fingerprint density at radius 1 is 0.871 bits per heavy atom. The molecule has 5 rings (SSSR count). The topological polar surface area (TPSA) is 77.8 Å². The zero-order valence-electron chi connectivity index (χ0n) is 17.8. The number of nitrogens with zero attached hydrogens (tertiary/aromatic N) is 1. The summed E-state index contributed by atoms with van der Waals surface area (Å²) in [5, 5.41) is 10.3. The molecular formula is C25H25NO5. The average Bonchev–Trinajstić information content (AvgIpc) is 3.32. The van der Waals surface area contributed by atoms with E-state index in [2.05, 4.69) is 0 Å². The molecule has 2 heterocycles. The van der Waals surface area contributed by atoms with E-state index >= 15 is 0 Å². The lowest BCUT2D eigenvalue weighted by Crippen LogP contribution is -2.23. The Kier molecular flexibility index (Phi) is 4.82. The molecule has 0 bridgehead atoms. The second kappa shape index (κ2) is 7.54. The number of fused-ring (bicyclic) bond motifs is 6. The maximum Gasteiger partial charge on any atom is 0.258 e. The Bertz CT molecular complexity index is 1290. The van der Waals surface area contributed by atoms with Gasteiger partial charge < -0.3 is 19.1 Å². The predicted octanol–water partition coefficient (Wildman–Crippen LogP) is 4.11. The molecule has 1 aliphatic heterocycles. The van der Waals surface area contributed by atoms with Crippen LogP contribution in [0.1, 0.15) is 52.7 Å². The molecule has 1 aliphatic carbocycles. The number of hydrogen-bond donors (Lipinski definition) is 1. The van der Waals surface area contributed by atoms with E-state index < -0.39 is 0 Å². The largest absolute Gasteiger partial charge is 0.454 e. The van der Waals surface area contributed by atoms with Crippen LogP contribution < -0.4 is 15.0 Å². The summed E-state index contributed by atoms with van der Waals surface area (Å²) in [6, 6.07) is 7.43. The summed E-state index contributed by atoms with van der Waals surface area (Å²) in [6.07, 6.45) is 3.38. The first-order valence-electron chi connectivity index (χ1n) is 10.8. The molecule has 6 nitrogen and oxygen atoms in total. The van der Waals surface area contributed by atoms with Crippen molar-refractivity contribution in [2.45, 2.75) is 46.1 Å². The Balaban J connectivity index is 1.74. The standard InChI is InChI=1S/C25H25NO5/c1-14-9-16-19(10-15(14)2)25(29)26(7-5-3-4-6-8-27)23-17-11-20-21(31-13-30-20)12-18(17)24(28)22(16)23/h9-12,27H,3-8,13H2,1-2H3. The number of aliphatic hydroxyl groups is 1. The highest BCUT2D eigenvalue weighted by molar-refractivity contribution is 6.27. The first kappa shape index (κ1) is 19.8. The summed E-state index contributed by atoms with van der Waals surface area (Å²) in [6.45, 7) is 4.82. The van der Waals surface area contributed by atoms with Crippen LogP contribution in [0, 0.1) is 13.8 Å². The molecule has 2 aliphatic rings. The van der Waals surface area contributed by atoms with Crippen LogP contribution in [0.15, 0.2) is 29.1 Å². The van der Waals surface area contributed by atoms with E-state index in [1.54, 1.807) is 10.6 Å². The van der Waals surface area contributed by atoms with Crippen molar-refractivity contribution >= 4 is 16.6 Å². The summed E-state index contributed by atoms with van der Waals surface area (Å²) in [4.78, 5) is 27.1. The number of carbonyl (C=O) groups excluding carboxylic acids is 1. The molecule has 0 amide bonds. The van der Waals surface area contributed by atoms with E-state index in [4.69, 9.17) is 14.6 Å².